The van der Waals surface area contributed by atoms with Gasteiger partial charge in [0, 0.05) is 0 Å². The molecule has 0 aromatic heterocycles. The van der Waals surface area contributed by atoms with Gasteiger partial charge in [-0.1, -0.05) is 54.3 Å². The Balaban J connectivity index is 1.99. The van der Waals surface area contributed by atoms with Crippen molar-refractivity contribution in [3.8, 4) is 5.75 Å². The van der Waals surface area contributed by atoms with Gasteiger partial charge in [-0.25, -0.2) is 0 Å². The Bertz CT molecular complexity index is 838. The maximum atomic E-state index is 12.9. The van der Waals surface area contributed by atoms with Crippen molar-refractivity contribution in [2.24, 2.45) is 0 Å². The fourth-order valence-corrected chi connectivity index (χ4v) is 3.97. The van der Waals surface area contributed by atoms with E-state index in [0.29, 0.717) is 9.23 Å². The van der Waals surface area contributed by atoms with Crippen LogP contribution < -0.4 is 9.64 Å². The molecule has 1 saturated heterocycles. The van der Waals surface area contributed by atoms with Crippen molar-refractivity contribution in [3.05, 3.63) is 64.1 Å². The number of aryl methyl sites for hydroxylation is 2. The molecule has 3 nitrogen and oxygen atoms in total. The van der Waals surface area contributed by atoms with E-state index in [1.807, 2.05) is 62.4 Å². The van der Waals surface area contributed by atoms with Crippen LogP contribution in [0.4, 0.5) is 5.69 Å². The number of hydrogen-bond donors (Lipinski definition) is 0. The third kappa shape index (κ3) is 3.09. The summed E-state index contributed by atoms with van der Waals surface area (Å²) in [6, 6.07) is 13.6. The molecule has 0 bridgehead atoms. The van der Waals surface area contributed by atoms with Crippen molar-refractivity contribution in [1.29, 1.82) is 0 Å². The van der Waals surface area contributed by atoms with Gasteiger partial charge in [0.15, 0.2) is 4.32 Å². The smallest absolute Gasteiger partial charge is 0.270 e. The Kier molecular flexibility index (Phi) is 4.73. The first-order valence-corrected chi connectivity index (χ1v) is 8.72. The standard InChI is InChI=1S/C19H17NO2S2/c1-12-6-4-7-13(2)17(12)20-18(21)16(24-19(20)23)11-14-8-5-9-15(10-14)22-3/h4-11H,1-3H3/b16-11-. The molecule has 0 saturated carbocycles. The van der Waals surface area contributed by atoms with Crippen LogP contribution in [0.2, 0.25) is 0 Å². The second-order valence-electron chi connectivity index (χ2n) is 5.53. The normalized spacial score (nSPS) is 16.1. The van der Waals surface area contributed by atoms with Crippen LogP contribution in [0.25, 0.3) is 6.08 Å². The molecule has 5 heteroatoms. The number of benzene rings is 2. The minimum absolute atomic E-state index is 0.0785. The molecule has 0 aliphatic carbocycles. The predicted molar refractivity (Wildman–Crippen MR) is 105 cm³/mol. The molecule has 3 rings (SSSR count). The highest BCUT2D eigenvalue weighted by Gasteiger charge is 2.34. The molecule has 24 heavy (non-hydrogen) atoms. The molecule has 0 N–H and O–H groups in total. The number of ether oxygens (including phenoxy) is 1. The van der Waals surface area contributed by atoms with Gasteiger partial charge in [0.1, 0.15) is 5.75 Å². The zero-order valence-electron chi connectivity index (χ0n) is 13.7. The lowest BCUT2D eigenvalue weighted by molar-refractivity contribution is -0.113. The van der Waals surface area contributed by atoms with Crippen LogP contribution in [-0.2, 0) is 4.79 Å². The lowest BCUT2D eigenvalue weighted by Gasteiger charge is -2.19. The summed E-state index contributed by atoms with van der Waals surface area (Å²) in [6.45, 7) is 3.99. The number of anilines is 1. The first-order valence-electron chi connectivity index (χ1n) is 7.49. The molecule has 0 radical (unpaired) electrons. The number of methoxy groups -OCH3 is 1. The monoisotopic (exact) mass is 355 g/mol. The molecular formula is C19H17NO2S2. The Morgan fingerprint density at radius 3 is 2.46 bits per heavy atom. The summed E-state index contributed by atoms with van der Waals surface area (Å²) in [6.07, 6.45) is 1.86. The van der Waals surface area contributed by atoms with E-state index >= 15 is 0 Å². The Morgan fingerprint density at radius 1 is 1.12 bits per heavy atom. The van der Waals surface area contributed by atoms with Gasteiger partial charge in [0.05, 0.1) is 17.7 Å². The van der Waals surface area contributed by atoms with Crippen molar-refractivity contribution in [2.75, 3.05) is 12.0 Å². The van der Waals surface area contributed by atoms with Crippen molar-refractivity contribution in [2.45, 2.75) is 13.8 Å². The van der Waals surface area contributed by atoms with Gasteiger partial charge in [-0.3, -0.25) is 9.69 Å². The van der Waals surface area contributed by atoms with Crippen molar-refractivity contribution >= 4 is 46.0 Å². The average Bonchev–Trinajstić information content (AvgIpc) is 2.82. The number of rotatable bonds is 3. The zero-order valence-corrected chi connectivity index (χ0v) is 15.3. The summed E-state index contributed by atoms with van der Waals surface area (Å²) in [4.78, 5) is 15.2. The van der Waals surface area contributed by atoms with E-state index in [9.17, 15) is 4.79 Å². The van der Waals surface area contributed by atoms with Gasteiger partial charge >= 0.3 is 0 Å². The van der Waals surface area contributed by atoms with E-state index < -0.39 is 0 Å². The number of thiocarbonyl (C=S) groups is 1. The third-order valence-corrected chi connectivity index (χ3v) is 5.15. The molecule has 2 aromatic carbocycles. The van der Waals surface area contributed by atoms with Gasteiger partial charge in [-0.2, -0.15) is 0 Å². The minimum Gasteiger partial charge on any atom is -0.497 e. The maximum absolute atomic E-state index is 12.9. The van der Waals surface area contributed by atoms with Gasteiger partial charge in [-0.15, -0.1) is 0 Å². The second kappa shape index (κ2) is 6.79. The summed E-state index contributed by atoms with van der Waals surface area (Å²) in [5.74, 6) is 0.680. The summed E-state index contributed by atoms with van der Waals surface area (Å²) in [5.41, 5.74) is 3.87. The predicted octanol–water partition coefficient (Wildman–Crippen LogP) is 4.72. The molecule has 1 aliphatic rings. The average molecular weight is 355 g/mol. The highest BCUT2D eigenvalue weighted by atomic mass is 32.2. The fourth-order valence-electron chi connectivity index (χ4n) is 2.70. The summed E-state index contributed by atoms with van der Waals surface area (Å²) in [7, 11) is 1.62. The van der Waals surface area contributed by atoms with Crippen molar-refractivity contribution in [3.63, 3.8) is 0 Å². The largest absolute Gasteiger partial charge is 0.497 e. The van der Waals surface area contributed by atoms with Crippen LogP contribution in [0.1, 0.15) is 16.7 Å². The van der Waals surface area contributed by atoms with E-state index in [0.717, 1.165) is 28.1 Å². The topological polar surface area (TPSA) is 29.5 Å². The number of amides is 1. The fraction of sp³-hybridized carbons (Fsp3) is 0.158. The molecule has 0 unspecified atom stereocenters. The van der Waals surface area contributed by atoms with Crippen LogP contribution in [0.5, 0.6) is 5.75 Å². The molecule has 2 aromatic rings. The lowest BCUT2D eigenvalue weighted by Crippen LogP contribution is -2.29. The van der Waals surface area contributed by atoms with Crippen LogP contribution in [0, 0.1) is 13.8 Å². The molecular weight excluding hydrogens is 338 g/mol. The molecule has 1 heterocycles. The van der Waals surface area contributed by atoms with E-state index in [2.05, 4.69) is 0 Å². The number of carbonyl (C=O) groups excluding carboxylic acids is 1. The third-order valence-electron chi connectivity index (χ3n) is 3.85. The maximum Gasteiger partial charge on any atom is 0.270 e. The van der Waals surface area contributed by atoms with Gasteiger partial charge in [-0.05, 0) is 48.7 Å². The highest BCUT2D eigenvalue weighted by Crippen LogP contribution is 2.38. The second-order valence-corrected chi connectivity index (χ2v) is 7.21. The summed E-state index contributed by atoms with van der Waals surface area (Å²) < 4.78 is 5.79. The summed E-state index contributed by atoms with van der Waals surface area (Å²) in [5, 5.41) is 0. The van der Waals surface area contributed by atoms with Crippen molar-refractivity contribution < 1.29 is 9.53 Å². The number of thioether (sulfide) groups is 1. The minimum atomic E-state index is -0.0785. The number of nitrogens with zero attached hydrogens (tertiary/aromatic N) is 1. The van der Waals surface area contributed by atoms with Crippen LogP contribution in [-0.4, -0.2) is 17.3 Å². The lowest BCUT2D eigenvalue weighted by atomic mass is 10.1. The van der Waals surface area contributed by atoms with E-state index in [-0.39, 0.29) is 5.91 Å². The molecule has 1 fully saturated rings. The van der Waals surface area contributed by atoms with Crippen LogP contribution in [0.3, 0.4) is 0 Å². The number of carbonyl (C=O) groups is 1. The van der Waals surface area contributed by atoms with Crippen LogP contribution >= 0.6 is 24.0 Å². The van der Waals surface area contributed by atoms with E-state index in [1.54, 1.807) is 12.0 Å². The van der Waals surface area contributed by atoms with Gasteiger partial charge in [0.25, 0.3) is 5.91 Å². The molecule has 1 aliphatic heterocycles. The van der Waals surface area contributed by atoms with Crippen molar-refractivity contribution in [1.82, 2.24) is 0 Å². The van der Waals surface area contributed by atoms with Gasteiger partial charge < -0.3 is 4.74 Å². The molecule has 0 atom stereocenters. The Morgan fingerprint density at radius 2 is 1.79 bits per heavy atom. The quantitative estimate of drug-likeness (QED) is 0.589. The first kappa shape index (κ1) is 16.7. The van der Waals surface area contributed by atoms with Crippen LogP contribution in [0.15, 0.2) is 47.4 Å². The zero-order chi connectivity index (χ0) is 17.3. The SMILES string of the molecule is COc1cccc(/C=C2\SC(=S)N(c3c(C)cccc3C)C2=O)c1. The molecule has 1 amide bonds. The Hall–Kier alpha value is -2.11. The van der Waals surface area contributed by atoms with E-state index in [4.69, 9.17) is 17.0 Å². The molecule has 122 valence electrons. The van der Waals surface area contributed by atoms with E-state index in [1.165, 1.54) is 11.8 Å². The van der Waals surface area contributed by atoms with Gasteiger partial charge in [0.2, 0.25) is 0 Å². The summed E-state index contributed by atoms with van der Waals surface area (Å²) >= 11 is 6.79. The highest BCUT2D eigenvalue weighted by molar-refractivity contribution is 8.27. The Labute approximate surface area is 151 Å². The first-order chi connectivity index (χ1) is 11.5. The number of para-hydroxylation sites is 1. The number of hydrogen-bond acceptors (Lipinski definition) is 4. The molecule has 0 spiro atoms.